The van der Waals surface area contributed by atoms with Crippen molar-refractivity contribution in [2.24, 2.45) is 4.99 Å². The van der Waals surface area contributed by atoms with Crippen molar-refractivity contribution in [3.63, 3.8) is 0 Å². The quantitative estimate of drug-likeness (QED) is 0.206. The van der Waals surface area contributed by atoms with Gasteiger partial charge in [0.15, 0.2) is 17.3 Å². The molecule has 4 aromatic rings. The van der Waals surface area contributed by atoms with Crippen LogP contribution in [-0.2, 0) is 0 Å². The first-order valence-electron chi connectivity index (χ1n) is 7.72. The number of furan rings is 1. The fraction of sp³-hybridized carbons (Fsp3) is 0. The molecule has 0 N–H and O–H groups in total. The van der Waals surface area contributed by atoms with Crippen LogP contribution < -0.4 is 0 Å². The minimum absolute atomic E-state index is 0.0221. The Morgan fingerprint density at radius 1 is 1.22 bits per heavy atom. The van der Waals surface area contributed by atoms with Crippen molar-refractivity contribution in [2.45, 2.75) is 0 Å². The molecule has 0 fully saturated rings. The van der Waals surface area contributed by atoms with Crippen LogP contribution in [0, 0.1) is 10.1 Å². The van der Waals surface area contributed by atoms with Crippen molar-refractivity contribution < 1.29 is 9.34 Å². The van der Waals surface area contributed by atoms with E-state index in [1.807, 2.05) is 22.7 Å². The normalized spacial score (nSPS) is 11.5. The third-order valence-corrected chi connectivity index (χ3v) is 4.95. The first-order valence-corrected chi connectivity index (χ1v) is 9.31. The van der Waals surface area contributed by atoms with Crippen LogP contribution in [0.5, 0.6) is 0 Å². The number of hydrogen-bond donors (Lipinski definition) is 0. The van der Waals surface area contributed by atoms with Gasteiger partial charge in [0.1, 0.15) is 5.65 Å². The number of fused-ring (bicyclic) bond motifs is 1. The van der Waals surface area contributed by atoms with Gasteiger partial charge >= 0.3 is 0 Å². The third kappa shape index (κ3) is 3.43. The van der Waals surface area contributed by atoms with E-state index in [1.165, 1.54) is 6.07 Å². The number of benzene rings is 1. The zero-order chi connectivity index (χ0) is 19.0. The van der Waals surface area contributed by atoms with Gasteiger partial charge in [-0.25, -0.2) is 9.98 Å². The SMILES string of the molecule is O=[N+]([O-])c1cc(C=Nc2c(-c3ccco3)nc3ccc(Br)cn23)ccc1Br. The van der Waals surface area contributed by atoms with Gasteiger partial charge in [-0.3, -0.25) is 14.5 Å². The summed E-state index contributed by atoms with van der Waals surface area (Å²) in [6, 6.07) is 12.2. The number of halogens is 2. The van der Waals surface area contributed by atoms with E-state index in [0.717, 1.165) is 4.47 Å². The van der Waals surface area contributed by atoms with Crippen LogP contribution in [0.2, 0.25) is 0 Å². The van der Waals surface area contributed by atoms with E-state index >= 15 is 0 Å². The number of hydrogen-bond acceptors (Lipinski definition) is 5. The molecule has 0 bridgehead atoms. The summed E-state index contributed by atoms with van der Waals surface area (Å²) >= 11 is 6.63. The highest BCUT2D eigenvalue weighted by atomic mass is 79.9. The molecule has 0 saturated heterocycles. The van der Waals surface area contributed by atoms with Crippen molar-refractivity contribution >= 4 is 55.2 Å². The first-order chi connectivity index (χ1) is 13.0. The highest BCUT2D eigenvalue weighted by Gasteiger charge is 2.16. The Labute approximate surface area is 169 Å². The molecular formula is C18H10Br2N4O3. The maximum absolute atomic E-state index is 11.1. The second-order valence-electron chi connectivity index (χ2n) is 5.56. The number of nitro groups is 1. The largest absolute Gasteiger partial charge is 0.463 e. The van der Waals surface area contributed by atoms with E-state index in [2.05, 4.69) is 41.8 Å². The van der Waals surface area contributed by atoms with E-state index in [0.29, 0.717) is 33.0 Å². The summed E-state index contributed by atoms with van der Waals surface area (Å²) in [6.07, 6.45) is 4.99. The van der Waals surface area contributed by atoms with Crippen molar-refractivity contribution in [2.75, 3.05) is 0 Å². The second-order valence-corrected chi connectivity index (χ2v) is 7.33. The molecule has 3 heterocycles. The van der Waals surface area contributed by atoms with Crippen molar-refractivity contribution in [1.29, 1.82) is 0 Å². The van der Waals surface area contributed by atoms with Crippen LogP contribution in [0.3, 0.4) is 0 Å². The monoisotopic (exact) mass is 488 g/mol. The molecule has 0 saturated carbocycles. The molecule has 134 valence electrons. The number of aliphatic imine (C=N–C) groups is 1. The average Bonchev–Trinajstić information content (AvgIpc) is 3.28. The molecule has 7 nitrogen and oxygen atoms in total. The Bertz CT molecular complexity index is 1180. The molecule has 1 aromatic carbocycles. The van der Waals surface area contributed by atoms with Gasteiger partial charge in [-0.05, 0) is 67.8 Å². The van der Waals surface area contributed by atoms with E-state index in [9.17, 15) is 10.1 Å². The number of nitrogens with zero attached hydrogens (tertiary/aromatic N) is 4. The van der Waals surface area contributed by atoms with Crippen LogP contribution in [0.25, 0.3) is 17.1 Å². The van der Waals surface area contributed by atoms with Crippen LogP contribution in [0.15, 0.2) is 73.3 Å². The number of rotatable bonds is 4. The molecule has 0 radical (unpaired) electrons. The number of pyridine rings is 1. The summed E-state index contributed by atoms with van der Waals surface area (Å²) in [7, 11) is 0. The van der Waals surface area contributed by atoms with Crippen LogP contribution in [0.1, 0.15) is 5.56 Å². The lowest BCUT2D eigenvalue weighted by atomic mass is 10.2. The lowest BCUT2D eigenvalue weighted by molar-refractivity contribution is -0.385. The maximum Gasteiger partial charge on any atom is 0.284 e. The molecule has 0 spiro atoms. The summed E-state index contributed by atoms with van der Waals surface area (Å²) in [4.78, 5) is 19.8. The molecule has 0 atom stereocenters. The molecule has 9 heteroatoms. The smallest absolute Gasteiger partial charge is 0.284 e. The number of imidazole rings is 1. The first kappa shape index (κ1) is 17.6. The van der Waals surface area contributed by atoms with Gasteiger partial charge in [0.05, 0.1) is 15.7 Å². The van der Waals surface area contributed by atoms with Gasteiger partial charge in [-0.1, -0.05) is 6.07 Å². The van der Waals surface area contributed by atoms with Gasteiger partial charge in [0.25, 0.3) is 5.69 Å². The van der Waals surface area contributed by atoms with Crippen molar-refractivity contribution in [1.82, 2.24) is 9.38 Å². The molecule has 4 rings (SSSR count). The predicted molar refractivity (Wildman–Crippen MR) is 109 cm³/mol. The summed E-state index contributed by atoms with van der Waals surface area (Å²) in [5.74, 6) is 1.15. The zero-order valence-corrected chi connectivity index (χ0v) is 16.7. The molecular weight excluding hydrogens is 480 g/mol. The summed E-state index contributed by atoms with van der Waals surface area (Å²) < 4.78 is 8.59. The van der Waals surface area contributed by atoms with Crippen LogP contribution in [-0.4, -0.2) is 20.5 Å². The zero-order valence-electron chi connectivity index (χ0n) is 13.5. The van der Waals surface area contributed by atoms with E-state index in [4.69, 9.17) is 4.42 Å². The third-order valence-electron chi connectivity index (χ3n) is 3.81. The molecule has 0 aliphatic carbocycles. The Morgan fingerprint density at radius 2 is 2.07 bits per heavy atom. The Balaban J connectivity index is 1.85. The van der Waals surface area contributed by atoms with Gasteiger partial charge in [-0.2, -0.15) is 0 Å². The number of nitro benzene ring substituents is 1. The lowest BCUT2D eigenvalue weighted by Crippen LogP contribution is -1.92. The highest BCUT2D eigenvalue weighted by molar-refractivity contribution is 9.10. The standard InChI is InChI=1S/C18H10Br2N4O3/c19-12-4-6-16-22-17(15-2-1-7-27-15)18(23(16)10-12)21-9-11-3-5-13(20)14(8-11)24(25)26/h1-10H. The Kier molecular flexibility index (Phi) is 4.63. The van der Waals surface area contributed by atoms with E-state index in [-0.39, 0.29) is 5.69 Å². The fourth-order valence-corrected chi connectivity index (χ4v) is 3.32. The fourth-order valence-electron chi connectivity index (χ4n) is 2.59. The van der Waals surface area contributed by atoms with Gasteiger partial charge in [0.2, 0.25) is 0 Å². The predicted octanol–water partition coefficient (Wildman–Crippen LogP) is 5.78. The molecule has 3 aromatic heterocycles. The minimum Gasteiger partial charge on any atom is -0.463 e. The van der Waals surface area contributed by atoms with Crippen LogP contribution in [0.4, 0.5) is 11.5 Å². The minimum atomic E-state index is -0.443. The molecule has 0 aliphatic heterocycles. The summed E-state index contributed by atoms with van der Waals surface area (Å²) in [5, 5.41) is 11.1. The Hall–Kier alpha value is -2.78. The summed E-state index contributed by atoms with van der Waals surface area (Å²) in [6.45, 7) is 0. The second kappa shape index (κ2) is 7.09. The lowest BCUT2D eigenvalue weighted by Gasteiger charge is -2.00. The summed E-state index contributed by atoms with van der Waals surface area (Å²) in [5.41, 5.74) is 1.87. The number of aromatic nitrogens is 2. The van der Waals surface area contributed by atoms with Crippen molar-refractivity contribution in [3.8, 4) is 11.5 Å². The van der Waals surface area contributed by atoms with Gasteiger partial charge in [0, 0.05) is 23.0 Å². The maximum atomic E-state index is 11.1. The van der Waals surface area contributed by atoms with Gasteiger partial charge < -0.3 is 4.42 Å². The Morgan fingerprint density at radius 3 is 2.81 bits per heavy atom. The van der Waals surface area contributed by atoms with E-state index in [1.54, 1.807) is 36.7 Å². The highest BCUT2D eigenvalue weighted by Crippen LogP contribution is 2.32. The molecule has 0 aliphatic rings. The van der Waals surface area contributed by atoms with E-state index < -0.39 is 4.92 Å². The molecule has 0 amide bonds. The van der Waals surface area contributed by atoms with Crippen molar-refractivity contribution in [3.05, 3.63) is 79.5 Å². The molecule has 27 heavy (non-hydrogen) atoms. The average molecular weight is 490 g/mol. The van der Waals surface area contributed by atoms with Crippen LogP contribution >= 0.6 is 31.9 Å². The molecule has 0 unspecified atom stereocenters. The van der Waals surface area contributed by atoms with Gasteiger partial charge in [-0.15, -0.1) is 0 Å². The topological polar surface area (TPSA) is 85.9 Å².